The summed E-state index contributed by atoms with van der Waals surface area (Å²) in [6, 6.07) is 4.77. The van der Waals surface area contributed by atoms with Gasteiger partial charge in [-0.15, -0.1) is 0 Å². The number of hydrogen-bond donors (Lipinski definition) is 0. The minimum atomic E-state index is -0.222. The third-order valence-corrected chi connectivity index (χ3v) is 3.47. The highest BCUT2D eigenvalue weighted by Gasteiger charge is 2.07. The standard InChI is InChI=1S/C12H10FN3S/c1-8-5-16(7-14-8)6-11-10-4-9(13)2-3-12(10)17-15-11/h2-5,7H,6H2,1H3. The summed E-state index contributed by atoms with van der Waals surface area (Å²) < 4.78 is 20.5. The zero-order chi connectivity index (χ0) is 11.8. The van der Waals surface area contributed by atoms with E-state index in [1.54, 1.807) is 12.4 Å². The highest BCUT2D eigenvalue weighted by Crippen LogP contribution is 2.24. The maximum absolute atomic E-state index is 13.2. The van der Waals surface area contributed by atoms with Crippen LogP contribution in [0.2, 0.25) is 0 Å². The normalized spacial score (nSPS) is 11.2. The van der Waals surface area contributed by atoms with Crippen molar-refractivity contribution in [3.05, 3.63) is 47.9 Å². The second-order valence-corrected chi connectivity index (χ2v) is 4.76. The molecule has 3 aromatic rings. The molecule has 1 aromatic carbocycles. The van der Waals surface area contributed by atoms with Gasteiger partial charge in [0.1, 0.15) is 5.82 Å². The van der Waals surface area contributed by atoms with Gasteiger partial charge in [-0.2, -0.15) is 4.37 Å². The molecule has 2 aromatic heterocycles. The number of halogens is 1. The summed E-state index contributed by atoms with van der Waals surface area (Å²) in [5.74, 6) is -0.222. The summed E-state index contributed by atoms with van der Waals surface area (Å²) in [6.45, 7) is 2.57. The number of rotatable bonds is 2. The summed E-state index contributed by atoms with van der Waals surface area (Å²) in [6.07, 6.45) is 3.71. The fourth-order valence-corrected chi connectivity index (χ4v) is 2.57. The second-order valence-electron chi connectivity index (χ2n) is 3.96. The van der Waals surface area contributed by atoms with E-state index in [9.17, 15) is 4.39 Å². The molecule has 17 heavy (non-hydrogen) atoms. The molecule has 0 radical (unpaired) electrons. The molecule has 3 rings (SSSR count). The molecular weight excluding hydrogens is 237 g/mol. The molecule has 86 valence electrons. The first-order valence-corrected chi connectivity index (χ1v) is 6.02. The van der Waals surface area contributed by atoms with Crippen molar-refractivity contribution in [3.63, 3.8) is 0 Å². The van der Waals surface area contributed by atoms with Crippen molar-refractivity contribution in [1.29, 1.82) is 0 Å². The van der Waals surface area contributed by atoms with E-state index in [-0.39, 0.29) is 5.82 Å². The molecule has 0 aliphatic carbocycles. The molecule has 2 heterocycles. The van der Waals surface area contributed by atoms with E-state index >= 15 is 0 Å². The highest BCUT2D eigenvalue weighted by molar-refractivity contribution is 7.13. The van der Waals surface area contributed by atoms with Crippen molar-refractivity contribution in [2.45, 2.75) is 13.5 Å². The fourth-order valence-electron chi connectivity index (χ4n) is 1.81. The maximum Gasteiger partial charge on any atom is 0.123 e. The van der Waals surface area contributed by atoms with Crippen molar-refractivity contribution in [2.75, 3.05) is 0 Å². The first kappa shape index (κ1) is 10.4. The lowest BCUT2D eigenvalue weighted by Crippen LogP contribution is -1.96. The van der Waals surface area contributed by atoms with Gasteiger partial charge in [-0.1, -0.05) is 0 Å². The third-order valence-electron chi connectivity index (χ3n) is 2.60. The lowest BCUT2D eigenvalue weighted by molar-refractivity contribution is 0.629. The Bertz CT molecular complexity index is 671. The van der Waals surface area contributed by atoms with Gasteiger partial charge in [-0.05, 0) is 36.7 Å². The van der Waals surface area contributed by atoms with Crippen LogP contribution in [0.5, 0.6) is 0 Å². The molecule has 0 saturated heterocycles. The van der Waals surface area contributed by atoms with E-state index in [0.717, 1.165) is 21.5 Å². The summed E-state index contributed by atoms with van der Waals surface area (Å²) in [4.78, 5) is 4.16. The van der Waals surface area contributed by atoms with Crippen LogP contribution in [0.15, 0.2) is 30.7 Å². The van der Waals surface area contributed by atoms with Gasteiger partial charge in [0, 0.05) is 11.6 Å². The Hall–Kier alpha value is -1.75. The van der Waals surface area contributed by atoms with E-state index in [1.165, 1.54) is 23.7 Å². The van der Waals surface area contributed by atoms with Crippen molar-refractivity contribution < 1.29 is 4.39 Å². The van der Waals surface area contributed by atoms with Crippen LogP contribution >= 0.6 is 11.5 Å². The lowest BCUT2D eigenvalue weighted by atomic mass is 10.2. The second kappa shape index (κ2) is 3.92. The zero-order valence-corrected chi connectivity index (χ0v) is 10.0. The van der Waals surface area contributed by atoms with Crippen LogP contribution in [0.3, 0.4) is 0 Å². The van der Waals surface area contributed by atoms with Crippen molar-refractivity contribution >= 4 is 21.6 Å². The van der Waals surface area contributed by atoms with Crippen molar-refractivity contribution in [2.24, 2.45) is 0 Å². The predicted molar refractivity (Wildman–Crippen MR) is 65.6 cm³/mol. The summed E-state index contributed by atoms with van der Waals surface area (Å²) in [7, 11) is 0. The molecule has 0 amide bonds. The van der Waals surface area contributed by atoms with Gasteiger partial charge in [0.05, 0.1) is 29.0 Å². The largest absolute Gasteiger partial charge is 0.331 e. The molecule has 0 N–H and O–H groups in total. The van der Waals surface area contributed by atoms with Crippen LogP contribution in [0.25, 0.3) is 10.1 Å². The summed E-state index contributed by atoms with van der Waals surface area (Å²) in [5.41, 5.74) is 1.86. The summed E-state index contributed by atoms with van der Waals surface area (Å²) in [5, 5.41) is 0.890. The molecule has 3 nitrogen and oxygen atoms in total. The van der Waals surface area contributed by atoms with Gasteiger partial charge < -0.3 is 4.57 Å². The minimum Gasteiger partial charge on any atom is -0.331 e. The third kappa shape index (κ3) is 1.93. The molecule has 0 aliphatic rings. The monoisotopic (exact) mass is 247 g/mol. The number of hydrogen-bond acceptors (Lipinski definition) is 3. The Balaban J connectivity index is 2.03. The first-order valence-electron chi connectivity index (χ1n) is 5.24. The molecule has 0 saturated carbocycles. The topological polar surface area (TPSA) is 30.7 Å². The Labute approximate surface area is 102 Å². The number of aromatic nitrogens is 3. The number of fused-ring (bicyclic) bond motifs is 1. The Morgan fingerprint density at radius 1 is 1.41 bits per heavy atom. The van der Waals surface area contributed by atoms with E-state index in [4.69, 9.17) is 0 Å². The van der Waals surface area contributed by atoms with E-state index in [0.29, 0.717) is 6.54 Å². The van der Waals surface area contributed by atoms with Gasteiger partial charge in [0.2, 0.25) is 0 Å². The number of benzene rings is 1. The number of aryl methyl sites for hydroxylation is 1. The molecule has 0 atom stereocenters. The van der Waals surface area contributed by atoms with Crippen LogP contribution in [0.1, 0.15) is 11.4 Å². The van der Waals surface area contributed by atoms with Crippen LogP contribution in [0.4, 0.5) is 4.39 Å². The molecule has 0 bridgehead atoms. The maximum atomic E-state index is 13.2. The van der Waals surface area contributed by atoms with E-state index in [1.807, 2.05) is 17.7 Å². The van der Waals surface area contributed by atoms with E-state index < -0.39 is 0 Å². The summed E-state index contributed by atoms with van der Waals surface area (Å²) >= 11 is 1.40. The van der Waals surface area contributed by atoms with Gasteiger partial charge >= 0.3 is 0 Å². The van der Waals surface area contributed by atoms with Gasteiger partial charge in [0.15, 0.2) is 0 Å². The van der Waals surface area contributed by atoms with Crippen LogP contribution in [-0.2, 0) is 6.54 Å². The Morgan fingerprint density at radius 2 is 2.29 bits per heavy atom. The highest BCUT2D eigenvalue weighted by atomic mass is 32.1. The zero-order valence-electron chi connectivity index (χ0n) is 9.22. The molecule has 0 aliphatic heterocycles. The van der Waals surface area contributed by atoms with Crippen molar-refractivity contribution in [3.8, 4) is 0 Å². The average Bonchev–Trinajstić information content (AvgIpc) is 2.87. The molecule has 5 heteroatoms. The first-order chi connectivity index (χ1) is 8.22. The SMILES string of the molecule is Cc1cn(Cc2nsc3ccc(F)cc23)cn1. The fraction of sp³-hybridized carbons (Fsp3) is 0.167. The molecule has 0 unspecified atom stereocenters. The molecular formula is C12H10FN3S. The Morgan fingerprint density at radius 3 is 3.06 bits per heavy atom. The smallest absolute Gasteiger partial charge is 0.123 e. The van der Waals surface area contributed by atoms with Gasteiger partial charge in [-0.3, -0.25) is 0 Å². The lowest BCUT2D eigenvalue weighted by Gasteiger charge is -1.99. The number of nitrogens with zero attached hydrogens (tertiary/aromatic N) is 3. The quantitative estimate of drug-likeness (QED) is 0.697. The average molecular weight is 247 g/mol. The number of imidazole rings is 1. The molecule has 0 spiro atoms. The van der Waals surface area contributed by atoms with Crippen LogP contribution < -0.4 is 0 Å². The van der Waals surface area contributed by atoms with Crippen LogP contribution in [0, 0.1) is 12.7 Å². The van der Waals surface area contributed by atoms with E-state index in [2.05, 4.69) is 9.36 Å². The molecule has 0 fully saturated rings. The van der Waals surface area contributed by atoms with Gasteiger partial charge in [0.25, 0.3) is 0 Å². The van der Waals surface area contributed by atoms with Crippen LogP contribution in [-0.4, -0.2) is 13.9 Å². The predicted octanol–water partition coefficient (Wildman–Crippen LogP) is 2.99. The Kier molecular flexibility index (Phi) is 2.40. The van der Waals surface area contributed by atoms with Crippen molar-refractivity contribution in [1.82, 2.24) is 13.9 Å². The van der Waals surface area contributed by atoms with Gasteiger partial charge in [-0.25, -0.2) is 9.37 Å². The minimum absolute atomic E-state index is 0.222.